The van der Waals surface area contributed by atoms with Crippen molar-refractivity contribution in [1.29, 1.82) is 0 Å². The average Bonchev–Trinajstić information content (AvgIpc) is 2.74. The largest absolute Gasteiger partial charge is 0.393 e. The van der Waals surface area contributed by atoms with Crippen LogP contribution < -0.4 is 0 Å². The Kier molecular flexibility index (Phi) is 5.27. The van der Waals surface area contributed by atoms with E-state index in [1.165, 1.54) is 6.42 Å². The molecular weight excluding hydrogens is 378 g/mol. The van der Waals surface area contributed by atoms with Gasteiger partial charge < -0.3 is 19.8 Å². The maximum absolute atomic E-state index is 13.5. The summed E-state index contributed by atoms with van der Waals surface area (Å²) >= 11 is 0. The summed E-state index contributed by atoms with van der Waals surface area (Å²) in [4.78, 5) is 15.7. The SMILES string of the molecule is C[C@]12CCC3[C@@H](CC[C@@]4(O)C[C@H](O)CC[C@]34C)[C@@H]1CCCN2C(=O)[C@H]1CCCCO1. The Bertz CT molecular complexity index is 678. The number of fused-ring (bicyclic) bond motifs is 5. The first-order valence-corrected chi connectivity index (χ1v) is 12.6. The molecule has 8 atom stereocenters. The fourth-order valence-electron chi connectivity index (χ4n) is 8.59. The van der Waals surface area contributed by atoms with Crippen molar-refractivity contribution in [2.45, 2.75) is 114 Å². The van der Waals surface area contributed by atoms with Gasteiger partial charge in [-0.3, -0.25) is 4.79 Å². The van der Waals surface area contributed by atoms with Gasteiger partial charge in [0.25, 0.3) is 5.91 Å². The van der Waals surface area contributed by atoms with Gasteiger partial charge >= 0.3 is 0 Å². The van der Waals surface area contributed by atoms with E-state index in [2.05, 4.69) is 18.7 Å². The second-order valence-electron chi connectivity index (χ2n) is 11.6. The van der Waals surface area contributed by atoms with Crippen LogP contribution in [0.4, 0.5) is 0 Å². The zero-order chi connectivity index (χ0) is 21.1. The van der Waals surface area contributed by atoms with Crippen LogP contribution in [-0.2, 0) is 9.53 Å². The minimum atomic E-state index is -0.723. The summed E-state index contributed by atoms with van der Waals surface area (Å²) in [5.74, 6) is 1.83. The average molecular weight is 420 g/mol. The molecule has 5 rings (SSSR count). The highest BCUT2D eigenvalue weighted by Gasteiger charge is 2.64. The summed E-state index contributed by atoms with van der Waals surface area (Å²) in [5.41, 5.74) is -0.897. The molecule has 5 heteroatoms. The molecule has 30 heavy (non-hydrogen) atoms. The second kappa shape index (κ2) is 7.45. The van der Waals surface area contributed by atoms with Crippen molar-refractivity contribution in [3.05, 3.63) is 0 Å². The summed E-state index contributed by atoms with van der Waals surface area (Å²) in [6, 6.07) is 0. The molecule has 0 bridgehead atoms. The van der Waals surface area contributed by atoms with Gasteiger partial charge in [0.2, 0.25) is 0 Å². The van der Waals surface area contributed by atoms with E-state index in [4.69, 9.17) is 4.74 Å². The summed E-state index contributed by atoms with van der Waals surface area (Å²) in [6.07, 6.45) is 11.0. The quantitative estimate of drug-likeness (QED) is 0.681. The molecule has 0 aromatic heterocycles. The van der Waals surface area contributed by atoms with E-state index in [1.807, 2.05) is 0 Å². The molecule has 0 aromatic rings. The van der Waals surface area contributed by atoms with E-state index in [0.29, 0.717) is 24.2 Å². The number of rotatable bonds is 1. The number of hydrogen-bond donors (Lipinski definition) is 2. The Balaban J connectivity index is 1.40. The summed E-state index contributed by atoms with van der Waals surface area (Å²) < 4.78 is 5.89. The topological polar surface area (TPSA) is 70.0 Å². The van der Waals surface area contributed by atoms with Crippen LogP contribution >= 0.6 is 0 Å². The van der Waals surface area contributed by atoms with Crippen LogP contribution in [-0.4, -0.2) is 57.5 Å². The van der Waals surface area contributed by atoms with E-state index in [1.54, 1.807) is 0 Å². The van der Waals surface area contributed by atoms with Crippen molar-refractivity contribution in [2.24, 2.45) is 23.2 Å². The minimum Gasteiger partial charge on any atom is -0.393 e. The van der Waals surface area contributed by atoms with Gasteiger partial charge in [0.1, 0.15) is 6.10 Å². The maximum atomic E-state index is 13.5. The van der Waals surface area contributed by atoms with Crippen molar-refractivity contribution in [1.82, 2.24) is 4.90 Å². The molecule has 5 nitrogen and oxygen atoms in total. The monoisotopic (exact) mass is 419 g/mol. The number of amides is 1. The molecule has 5 fully saturated rings. The van der Waals surface area contributed by atoms with E-state index < -0.39 is 5.60 Å². The highest BCUT2D eigenvalue weighted by molar-refractivity contribution is 5.82. The lowest BCUT2D eigenvalue weighted by atomic mass is 9.43. The molecule has 170 valence electrons. The fourth-order valence-corrected chi connectivity index (χ4v) is 8.59. The van der Waals surface area contributed by atoms with Gasteiger partial charge in [0, 0.05) is 25.1 Å². The van der Waals surface area contributed by atoms with Gasteiger partial charge in [-0.1, -0.05) is 6.92 Å². The van der Waals surface area contributed by atoms with Crippen LogP contribution in [0.2, 0.25) is 0 Å². The molecule has 0 radical (unpaired) electrons. The number of nitrogens with zero attached hydrogens (tertiary/aromatic N) is 1. The zero-order valence-electron chi connectivity index (χ0n) is 18.9. The standard InChI is InChI=1S/C25H41NO4/c1-23-11-8-17(27)16-25(23,29)13-9-18-19(23)10-12-24(2)20(18)6-5-14-26(24)22(28)21-7-3-4-15-30-21/h17-21,27,29H,3-16H2,1-2H3/t17-,18-,19?,20+,21-,23-,24+,25-/m1/s1. The Morgan fingerprint density at radius 2 is 1.80 bits per heavy atom. The second-order valence-corrected chi connectivity index (χ2v) is 11.6. The molecule has 2 heterocycles. The van der Waals surface area contributed by atoms with Gasteiger partial charge in [-0.25, -0.2) is 0 Å². The molecule has 3 aliphatic carbocycles. The third kappa shape index (κ3) is 3.02. The third-order valence-corrected chi connectivity index (χ3v) is 10.4. The minimum absolute atomic E-state index is 0.0721. The lowest BCUT2D eigenvalue weighted by Crippen LogP contribution is -2.68. The van der Waals surface area contributed by atoms with Gasteiger partial charge in [-0.2, -0.15) is 0 Å². The zero-order valence-corrected chi connectivity index (χ0v) is 18.9. The molecular formula is C25H41NO4. The fraction of sp³-hybridized carbons (Fsp3) is 0.960. The van der Waals surface area contributed by atoms with Gasteiger partial charge in [0.05, 0.1) is 11.7 Å². The van der Waals surface area contributed by atoms with Gasteiger partial charge in [-0.05, 0) is 101 Å². The molecule has 0 spiro atoms. The smallest absolute Gasteiger partial charge is 0.252 e. The number of piperidine rings is 1. The number of aliphatic hydroxyl groups is 2. The summed E-state index contributed by atoms with van der Waals surface area (Å²) in [6.45, 7) is 6.25. The first-order chi connectivity index (χ1) is 14.3. The van der Waals surface area contributed by atoms with Gasteiger partial charge in [0.15, 0.2) is 0 Å². The summed E-state index contributed by atoms with van der Waals surface area (Å²) in [7, 11) is 0. The van der Waals surface area contributed by atoms with Gasteiger partial charge in [-0.15, -0.1) is 0 Å². The van der Waals surface area contributed by atoms with Crippen LogP contribution in [0.15, 0.2) is 0 Å². The molecule has 2 N–H and O–H groups in total. The third-order valence-electron chi connectivity index (χ3n) is 10.4. The molecule has 0 aromatic carbocycles. The predicted molar refractivity (Wildman–Crippen MR) is 115 cm³/mol. The van der Waals surface area contributed by atoms with E-state index >= 15 is 0 Å². The Morgan fingerprint density at radius 3 is 2.57 bits per heavy atom. The first-order valence-electron chi connectivity index (χ1n) is 12.6. The van der Waals surface area contributed by atoms with Crippen molar-refractivity contribution >= 4 is 5.91 Å². The van der Waals surface area contributed by atoms with Crippen molar-refractivity contribution < 1.29 is 19.7 Å². The molecule has 2 aliphatic heterocycles. The van der Waals surface area contributed by atoms with Crippen molar-refractivity contribution in [2.75, 3.05) is 13.2 Å². The number of aliphatic hydroxyl groups excluding tert-OH is 1. The number of carbonyl (C=O) groups excluding carboxylic acids is 1. The first kappa shape index (κ1) is 21.2. The molecule has 1 amide bonds. The van der Waals surface area contributed by atoms with Crippen LogP contribution in [0.25, 0.3) is 0 Å². The molecule has 3 saturated carbocycles. The van der Waals surface area contributed by atoms with Crippen molar-refractivity contribution in [3.63, 3.8) is 0 Å². The number of likely N-dealkylation sites (tertiary alicyclic amines) is 1. The lowest BCUT2D eigenvalue weighted by Gasteiger charge is -2.66. The Labute approximate surface area is 181 Å². The lowest BCUT2D eigenvalue weighted by molar-refractivity contribution is -0.227. The Morgan fingerprint density at radius 1 is 0.967 bits per heavy atom. The maximum Gasteiger partial charge on any atom is 0.252 e. The highest BCUT2D eigenvalue weighted by Crippen LogP contribution is 2.64. The Hall–Kier alpha value is -0.650. The van der Waals surface area contributed by atoms with Crippen LogP contribution in [0.1, 0.15) is 90.9 Å². The van der Waals surface area contributed by atoms with Crippen LogP contribution in [0.5, 0.6) is 0 Å². The molecule has 1 unspecified atom stereocenters. The number of carbonyl (C=O) groups is 1. The predicted octanol–water partition coefficient (Wildman–Crippen LogP) is 3.66. The summed E-state index contributed by atoms with van der Waals surface area (Å²) in [5, 5.41) is 21.8. The van der Waals surface area contributed by atoms with E-state index in [9.17, 15) is 15.0 Å². The number of hydrogen-bond acceptors (Lipinski definition) is 4. The molecule has 5 aliphatic rings. The normalized spacial score (nSPS) is 51.5. The highest BCUT2D eigenvalue weighted by atomic mass is 16.5. The van der Waals surface area contributed by atoms with E-state index in [0.717, 1.165) is 77.4 Å². The molecule has 2 saturated heterocycles. The van der Waals surface area contributed by atoms with E-state index in [-0.39, 0.29) is 29.1 Å². The van der Waals surface area contributed by atoms with Crippen molar-refractivity contribution in [3.8, 4) is 0 Å². The van der Waals surface area contributed by atoms with Crippen LogP contribution in [0.3, 0.4) is 0 Å². The number of ether oxygens (including phenoxy) is 1. The van der Waals surface area contributed by atoms with Crippen LogP contribution in [0, 0.1) is 23.2 Å².